The SMILES string of the molecule is CCCN1C(=O)C(=O)/C(=C(/O)c2ccc(OC)cc2C)C1c1ccc2c(c1)OCCO2. The molecule has 2 aliphatic rings. The van der Waals surface area contributed by atoms with Crippen molar-refractivity contribution in [2.24, 2.45) is 0 Å². The first-order chi connectivity index (χ1) is 15.0. The van der Waals surface area contributed by atoms with Gasteiger partial charge in [-0.05, 0) is 54.8 Å². The van der Waals surface area contributed by atoms with Crippen molar-refractivity contribution in [1.82, 2.24) is 4.90 Å². The number of Topliss-reactive ketones (excluding diaryl/α,β-unsaturated/α-hetero) is 1. The van der Waals surface area contributed by atoms with Gasteiger partial charge in [0.25, 0.3) is 11.7 Å². The van der Waals surface area contributed by atoms with E-state index < -0.39 is 17.7 Å². The van der Waals surface area contributed by atoms with Crippen LogP contribution in [0.4, 0.5) is 0 Å². The molecule has 0 saturated carbocycles. The predicted octanol–water partition coefficient (Wildman–Crippen LogP) is 3.61. The van der Waals surface area contributed by atoms with Crippen molar-refractivity contribution in [2.45, 2.75) is 26.3 Å². The molecule has 0 aromatic heterocycles. The summed E-state index contributed by atoms with van der Waals surface area (Å²) < 4.78 is 16.5. The normalized spacial score (nSPS) is 19.6. The molecule has 1 fully saturated rings. The Morgan fingerprint density at radius 2 is 1.87 bits per heavy atom. The van der Waals surface area contributed by atoms with Crippen LogP contribution >= 0.6 is 0 Å². The molecule has 1 N–H and O–H groups in total. The third-order valence-electron chi connectivity index (χ3n) is 5.58. The van der Waals surface area contributed by atoms with E-state index in [4.69, 9.17) is 14.2 Å². The van der Waals surface area contributed by atoms with E-state index in [1.807, 2.05) is 13.8 Å². The van der Waals surface area contributed by atoms with Gasteiger partial charge < -0.3 is 24.2 Å². The van der Waals surface area contributed by atoms with Gasteiger partial charge in [-0.2, -0.15) is 0 Å². The van der Waals surface area contributed by atoms with E-state index >= 15 is 0 Å². The van der Waals surface area contributed by atoms with Crippen molar-refractivity contribution in [3.8, 4) is 17.2 Å². The zero-order valence-corrected chi connectivity index (χ0v) is 17.8. The number of carbonyl (C=O) groups excluding carboxylic acids is 2. The van der Waals surface area contributed by atoms with Crippen LogP contribution in [0, 0.1) is 6.92 Å². The third kappa shape index (κ3) is 3.60. The van der Waals surface area contributed by atoms with Crippen molar-refractivity contribution in [2.75, 3.05) is 26.9 Å². The Morgan fingerprint density at radius 3 is 2.55 bits per heavy atom. The zero-order chi connectivity index (χ0) is 22.1. The summed E-state index contributed by atoms with van der Waals surface area (Å²) in [6.45, 7) is 5.04. The number of hydrogen-bond acceptors (Lipinski definition) is 6. The minimum absolute atomic E-state index is 0.0726. The lowest BCUT2D eigenvalue weighted by molar-refractivity contribution is -0.139. The molecule has 162 valence electrons. The first-order valence-electron chi connectivity index (χ1n) is 10.3. The minimum Gasteiger partial charge on any atom is -0.507 e. The number of hydrogen-bond donors (Lipinski definition) is 1. The van der Waals surface area contributed by atoms with E-state index in [-0.39, 0.29) is 11.3 Å². The molecule has 1 atom stereocenters. The second-order valence-electron chi connectivity index (χ2n) is 7.58. The smallest absolute Gasteiger partial charge is 0.295 e. The number of rotatable bonds is 5. The van der Waals surface area contributed by atoms with Crippen LogP contribution in [0.25, 0.3) is 5.76 Å². The number of carbonyl (C=O) groups is 2. The zero-order valence-electron chi connectivity index (χ0n) is 17.8. The first-order valence-corrected chi connectivity index (χ1v) is 10.3. The lowest BCUT2D eigenvalue weighted by atomic mass is 9.93. The summed E-state index contributed by atoms with van der Waals surface area (Å²) in [5.41, 5.74) is 1.98. The predicted molar refractivity (Wildman–Crippen MR) is 114 cm³/mol. The molecule has 2 aromatic rings. The van der Waals surface area contributed by atoms with E-state index in [2.05, 4.69) is 0 Å². The Bertz CT molecular complexity index is 1070. The number of likely N-dealkylation sites (tertiary alicyclic amines) is 1. The average molecular weight is 423 g/mol. The number of aryl methyl sites for hydroxylation is 1. The molecule has 31 heavy (non-hydrogen) atoms. The maximum absolute atomic E-state index is 13.0. The highest BCUT2D eigenvalue weighted by Gasteiger charge is 2.46. The molecule has 1 saturated heterocycles. The quantitative estimate of drug-likeness (QED) is 0.449. The van der Waals surface area contributed by atoms with Gasteiger partial charge in [0.15, 0.2) is 11.5 Å². The van der Waals surface area contributed by atoms with Crippen LogP contribution in [0.3, 0.4) is 0 Å². The molecule has 7 nitrogen and oxygen atoms in total. The first kappa shape index (κ1) is 20.8. The fourth-order valence-electron chi connectivity index (χ4n) is 4.10. The van der Waals surface area contributed by atoms with Gasteiger partial charge in [0.2, 0.25) is 0 Å². The Balaban J connectivity index is 1.87. The van der Waals surface area contributed by atoms with Crippen LogP contribution in [-0.4, -0.2) is 48.6 Å². The summed E-state index contributed by atoms with van der Waals surface area (Å²) in [6, 6.07) is 9.83. The van der Waals surface area contributed by atoms with E-state index in [0.29, 0.717) is 54.6 Å². The number of aliphatic hydroxyl groups is 1. The summed E-state index contributed by atoms with van der Waals surface area (Å²) in [5, 5.41) is 11.2. The van der Waals surface area contributed by atoms with Crippen LogP contribution in [0.15, 0.2) is 42.0 Å². The molecule has 0 spiro atoms. The maximum Gasteiger partial charge on any atom is 0.295 e. The topological polar surface area (TPSA) is 85.3 Å². The van der Waals surface area contributed by atoms with Gasteiger partial charge in [0.1, 0.15) is 24.7 Å². The van der Waals surface area contributed by atoms with E-state index in [1.54, 1.807) is 43.5 Å². The van der Waals surface area contributed by atoms with Crippen molar-refractivity contribution < 1.29 is 28.9 Å². The highest BCUT2D eigenvalue weighted by molar-refractivity contribution is 6.46. The number of ketones is 1. The number of nitrogens with zero attached hydrogens (tertiary/aromatic N) is 1. The molecule has 2 aliphatic heterocycles. The number of amides is 1. The van der Waals surface area contributed by atoms with E-state index in [9.17, 15) is 14.7 Å². The van der Waals surface area contributed by atoms with Crippen LogP contribution in [0.1, 0.15) is 36.1 Å². The summed E-state index contributed by atoms with van der Waals surface area (Å²) in [5.74, 6) is 0.316. The highest BCUT2D eigenvalue weighted by atomic mass is 16.6. The lowest BCUT2D eigenvalue weighted by Gasteiger charge is -2.26. The number of aliphatic hydroxyl groups excluding tert-OH is 1. The largest absolute Gasteiger partial charge is 0.507 e. The molecule has 0 radical (unpaired) electrons. The number of fused-ring (bicyclic) bond motifs is 1. The Morgan fingerprint density at radius 1 is 1.13 bits per heavy atom. The van der Waals surface area contributed by atoms with Crippen LogP contribution in [0.2, 0.25) is 0 Å². The number of methoxy groups -OCH3 is 1. The minimum atomic E-state index is -0.711. The van der Waals surface area contributed by atoms with Gasteiger partial charge >= 0.3 is 0 Å². The van der Waals surface area contributed by atoms with Gasteiger partial charge in [-0.3, -0.25) is 9.59 Å². The maximum atomic E-state index is 13.0. The van der Waals surface area contributed by atoms with Crippen molar-refractivity contribution in [1.29, 1.82) is 0 Å². The van der Waals surface area contributed by atoms with Crippen LogP contribution in [-0.2, 0) is 9.59 Å². The molecule has 2 heterocycles. The molecule has 0 aliphatic carbocycles. The summed E-state index contributed by atoms with van der Waals surface area (Å²) in [6.07, 6.45) is 0.676. The molecule has 1 unspecified atom stereocenters. The van der Waals surface area contributed by atoms with Crippen molar-refractivity contribution in [3.05, 3.63) is 58.7 Å². The molecule has 4 rings (SSSR count). The average Bonchev–Trinajstić information content (AvgIpc) is 3.03. The van der Waals surface area contributed by atoms with E-state index in [1.165, 1.54) is 4.90 Å². The Labute approximate surface area is 180 Å². The van der Waals surface area contributed by atoms with Crippen molar-refractivity contribution in [3.63, 3.8) is 0 Å². The lowest BCUT2D eigenvalue weighted by Crippen LogP contribution is -2.30. The summed E-state index contributed by atoms with van der Waals surface area (Å²) in [4.78, 5) is 27.4. The number of benzene rings is 2. The van der Waals surface area contributed by atoms with Gasteiger partial charge in [-0.1, -0.05) is 13.0 Å². The molecular weight excluding hydrogens is 398 g/mol. The molecule has 0 bridgehead atoms. The fraction of sp³-hybridized carbons (Fsp3) is 0.333. The standard InChI is InChI=1S/C24H25NO6/c1-4-9-25-21(15-5-8-18-19(13-15)31-11-10-30-18)20(23(27)24(25)28)22(26)17-7-6-16(29-3)12-14(17)2/h5-8,12-13,21,26H,4,9-11H2,1-3H3/b22-20+. The third-order valence-corrected chi connectivity index (χ3v) is 5.58. The van der Waals surface area contributed by atoms with Crippen LogP contribution < -0.4 is 14.2 Å². The summed E-state index contributed by atoms with van der Waals surface area (Å²) >= 11 is 0. The van der Waals surface area contributed by atoms with E-state index in [0.717, 1.165) is 5.56 Å². The van der Waals surface area contributed by atoms with Gasteiger partial charge in [-0.15, -0.1) is 0 Å². The van der Waals surface area contributed by atoms with Crippen molar-refractivity contribution >= 4 is 17.4 Å². The van der Waals surface area contributed by atoms with Crippen LogP contribution in [0.5, 0.6) is 17.2 Å². The molecule has 2 aromatic carbocycles. The molecule has 1 amide bonds. The number of ether oxygens (including phenoxy) is 3. The highest BCUT2D eigenvalue weighted by Crippen LogP contribution is 2.43. The van der Waals surface area contributed by atoms with Gasteiger partial charge in [0, 0.05) is 12.1 Å². The second kappa shape index (κ2) is 8.34. The molecule has 7 heteroatoms. The molecular formula is C24H25NO6. The Hall–Kier alpha value is -3.48. The summed E-state index contributed by atoms with van der Waals surface area (Å²) in [7, 11) is 1.56. The monoisotopic (exact) mass is 423 g/mol. The van der Waals surface area contributed by atoms with Gasteiger partial charge in [0.05, 0.1) is 18.7 Å². The van der Waals surface area contributed by atoms with Gasteiger partial charge in [-0.25, -0.2) is 0 Å². The fourth-order valence-corrected chi connectivity index (χ4v) is 4.10. The second-order valence-corrected chi connectivity index (χ2v) is 7.58. The Kier molecular flexibility index (Phi) is 5.59.